The molecule has 2 fully saturated rings. The van der Waals surface area contributed by atoms with Crippen molar-refractivity contribution < 1.29 is 19.3 Å². The van der Waals surface area contributed by atoms with Crippen LogP contribution < -0.4 is 0 Å². The molecule has 0 amide bonds. The van der Waals surface area contributed by atoms with Crippen LogP contribution >= 0.6 is 0 Å². The molecule has 4 atom stereocenters. The minimum atomic E-state index is -0.499. The summed E-state index contributed by atoms with van der Waals surface area (Å²) in [6.45, 7) is 0.800. The summed E-state index contributed by atoms with van der Waals surface area (Å²) >= 11 is 0. The maximum atomic E-state index is 9.42. The monoisotopic (exact) mass is 222 g/mol. The first-order valence-electron chi connectivity index (χ1n) is 5.45. The number of epoxide rings is 1. The predicted molar refractivity (Wildman–Crippen MR) is 55.6 cm³/mol. The third-order valence-electron chi connectivity index (χ3n) is 2.90. The molecule has 86 valence electrons. The molecule has 4 heteroatoms. The van der Waals surface area contributed by atoms with E-state index in [4.69, 9.17) is 14.2 Å². The van der Waals surface area contributed by atoms with Crippen LogP contribution in [0.15, 0.2) is 30.3 Å². The van der Waals surface area contributed by atoms with Crippen LogP contribution in [0.2, 0.25) is 0 Å². The van der Waals surface area contributed by atoms with Crippen LogP contribution in [-0.2, 0) is 20.8 Å². The van der Waals surface area contributed by atoms with Gasteiger partial charge in [-0.1, -0.05) is 30.3 Å². The number of rotatable bonds is 3. The summed E-state index contributed by atoms with van der Waals surface area (Å²) in [6, 6.07) is 9.92. The van der Waals surface area contributed by atoms with Crippen molar-refractivity contribution in [3.05, 3.63) is 35.9 Å². The fraction of sp³-hybridized carbons (Fsp3) is 0.500. The molecule has 0 radical (unpaired) electrons. The van der Waals surface area contributed by atoms with Crippen molar-refractivity contribution in [3.8, 4) is 0 Å². The average Bonchev–Trinajstić information content (AvgIpc) is 3.11. The lowest BCUT2D eigenvalue weighted by atomic mass is 10.1. The minimum Gasteiger partial charge on any atom is -0.388 e. The number of aliphatic hydroxyl groups excluding tert-OH is 1. The van der Waals surface area contributed by atoms with E-state index in [2.05, 4.69) is 0 Å². The van der Waals surface area contributed by atoms with Crippen LogP contribution in [0.1, 0.15) is 5.56 Å². The Hall–Kier alpha value is -0.940. The number of hydrogen-bond donors (Lipinski definition) is 1. The molecule has 4 nitrogen and oxygen atoms in total. The zero-order valence-electron chi connectivity index (χ0n) is 8.78. The van der Waals surface area contributed by atoms with Crippen LogP contribution in [0.4, 0.5) is 0 Å². The lowest BCUT2D eigenvalue weighted by Gasteiger charge is -2.22. The fourth-order valence-electron chi connectivity index (χ4n) is 1.94. The van der Waals surface area contributed by atoms with Crippen molar-refractivity contribution in [1.29, 1.82) is 0 Å². The highest BCUT2D eigenvalue weighted by atomic mass is 16.7. The molecule has 2 aliphatic heterocycles. The van der Waals surface area contributed by atoms with Gasteiger partial charge in [-0.15, -0.1) is 0 Å². The molecule has 1 aromatic rings. The number of aliphatic hydroxyl groups is 1. The summed E-state index contributed by atoms with van der Waals surface area (Å²) in [4.78, 5) is 0. The van der Waals surface area contributed by atoms with Gasteiger partial charge in [-0.2, -0.15) is 0 Å². The molecular weight excluding hydrogens is 208 g/mol. The lowest BCUT2D eigenvalue weighted by molar-refractivity contribution is -0.182. The van der Waals surface area contributed by atoms with Crippen molar-refractivity contribution in [2.24, 2.45) is 0 Å². The number of hydrogen-bond acceptors (Lipinski definition) is 4. The first-order chi connectivity index (χ1) is 7.84. The molecular formula is C12H14O4. The largest absolute Gasteiger partial charge is 0.388 e. The highest BCUT2D eigenvalue weighted by molar-refractivity contribution is 5.13. The van der Waals surface area contributed by atoms with Gasteiger partial charge in [-0.05, 0) is 5.56 Å². The summed E-state index contributed by atoms with van der Waals surface area (Å²) in [7, 11) is 0. The fourth-order valence-corrected chi connectivity index (χ4v) is 1.94. The second kappa shape index (κ2) is 4.14. The quantitative estimate of drug-likeness (QED) is 0.764. The van der Waals surface area contributed by atoms with Gasteiger partial charge in [0.25, 0.3) is 0 Å². The molecule has 2 saturated heterocycles. The molecule has 0 aliphatic carbocycles. The van der Waals surface area contributed by atoms with Crippen molar-refractivity contribution >= 4 is 0 Å². The highest BCUT2D eigenvalue weighted by Gasteiger charge is 2.54. The highest BCUT2D eigenvalue weighted by Crippen LogP contribution is 2.35. The summed E-state index contributed by atoms with van der Waals surface area (Å²) in [5.74, 6) is 0. The Morgan fingerprint density at radius 1 is 1.25 bits per heavy atom. The first kappa shape index (κ1) is 10.2. The summed E-state index contributed by atoms with van der Waals surface area (Å²) < 4.78 is 16.3. The van der Waals surface area contributed by atoms with Gasteiger partial charge in [0.1, 0.15) is 18.3 Å². The molecule has 1 aromatic carbocycles. The van der Waals surface area contributed by atoms with Crippen LogP contribution in [0.3, 0.4) is 0 Å². The standard InChI is InChI=1S/C12H14O4/c13-9-7-15-12(11-10(9)16-11)14-6-8-4-2-1-3-5-8/h1-5,9-13H,6-7H2/t9-,10+,11+,12+/m1/s1. The molecule has 2 heterocycles. The van der Waals surface area contributed by atoms with E-state index in [0.717, 1.165) is 5.56 Å². The van der Waals surface area contributed by atoms with E-state index < -0.39 is 6.10 Å². The van der Waals surface area contributed by atoms with Crippen LogP contribution in [0, 0.1) is 0 Å². The third kappa shape index (κ3) is 1.97. The Balaban J connectivity index is 1.53. The van der Waals surface area contributed by atoms with Gasteiger partial charge < -0.3 is 19.3 Å². The average molecular weight is 222 g/mol. The first-order valence-corrected chi connectivity index (χ1v) is 5.45. The molecule has 0 saturated carbocycles. The van der Waals surface area contributed by atoms with E-state index in [9.17, 15) is 5.11 Å². The zero-order valence-corrected chi connectivity index (χ0v) is 8.78. The Bertz CT molecular complexity index is 353. The van der Waals surface area contributed by atoms with E-state index in [-0.39, 0.29) is 18.5 Å². The Morgan fingerprint density at radius 3 is 2.88 bits per heavy atom. The third-order valence-corrected chi connectivity index (χ3v) is 2.90. The van der Waals surface area contributed by atoms with E-state index in [1.807, 2.05) is 30.3 Å². The van der Waals surface area contributed by atoms with Gasteiger partial charge in [0.15, 0.2) is 6.29 Å². The smallest absolute Gasteiger partial charge is 0.186 e. The van der Waals surface area contributed by atoms with Gasteiger partial charge in [0, 0.05) is 0 Å². The lowest BCUT2D eigenvalue weighted by Crippen LogP contribution is -2.38. The molecule has 2 aliphatic rings. The maximum Gasteiger partial charge on any atom is 0.186 e. The molecule has 0 aromatic heterocycles. The number of benzene rings is 1. The SMILES string of the molecule is O[C@@H]1CO[C@H](OCc2ccccc2)[C@H]2O[C@H]21. The van der Waals surface area contributed by atoms with Crippen molar-refractivity contribution in [1.82, 2.24) is 0 Å². The number of fused-ring (bicyclic) bond motifs is 1. The Morgan fingerprint density at radius 2 is 2.06 bits per heavy atom. The number of ether oxygens (including phenoxy) is 3. The van der Waals surface area contributed by atoms with E-state index in [1.165, 1.54) is 0 Å². The summed E-state index contributed by atoms with van der Waals surface area (Å²) in [5.41, 5.74) is 1.11. The topological polar surface area (TPSA) is 51.2 Å². The maximum absolute atomic E-state index is 9.42. The van der Waals surface area contributed by atoms with Crippen molar-refractivity contribution in [3.63, 3.8) is 0 Å². The predicted octanol–water partition coefficient (Wildman–Crippen LogP) is 0.688. The van der Waals surface area contributed by atoms with Crippen LogP contribution in [-0.4, -0.2) is 36.3 Å². The molecule has 3 rings (SSSR count). The van der Waals surface area contributed by atoms with E-state index in [0.29, 0.717) is 13.2 Å². The van der Waals surface area contributed by atoms with Crippen molar-refractivity contribution in [2.45, 2.75) is 31.2 Å². The van der Waals surface area contributed by atoms with Gasteiger partial charge in [-0.3, -0.25) is 0 Å². The summed E-state index contributed by atoms with van der Waals surface area (Å²) in [5, 5.41) is 9.42. The molecule has 0 unspecified atom stereocenters. The summed E-state index contributed by atoms with van der Waals surface area (Å²) in [6.07, 6.45) is -1.02. The minimum absolute atomic E-state index is 0.0884. The van der Waals surface area contributed by atoms with Gasteiger partial charge in [0.05, 0.1) is 13.2 Å². The van der Waals surface area contributed by atoms with Crippen molar-refractivity contribution in [2.75, 3.05) is 6.61 Å². The van der Waals surface area contributed by atoms with Gasteiger partial charge in [-0.25, -0.2) is 0 Å². The Kier molecular flexibility index (Phi) is 2.65. The molecule has 0 bridgehead atoms. The van der Waals surface area contributed by atoms with E-state index in [1.54, 1.807) is 0 Å². The molecule has 1 N–H and O–H groups in total. The van der Waals surface area contributed by atoms with E-state index >= 15 is 0 Å². The van der Waals surface area contributed by atoms with Gasteiger partial charge in [0.2, 0.25) is 0 Å². The molecule has 0 spiro atoms. The Labute approximate surface area is 93.7 Å². The second-order valence-corrected chi connectivity index (χ2v) is 4.13. The van der Waals surface area contributed by atoms with Crippen LogP contribution in [0.25, 0.3) is 0 Å². The van der Waals surface area contributed by atoms with Crippen LogP contribution in [0.5, 0.6) is 0 Å². The normalized spacial score (nSPS) is 36.8. The molecule has 16 heavy (non-hydrogen) atoms. The second-order valence-electron chi connectivity index (χ2n) is 4.13. The zero-order chi connectivity index (χ0) is 11.0. The van der Waals surface area contributed by atoms with Gasteiger partial charge >= 0.3 is 0 Å².